The molecule has 0 fully saturated rings. The van der Waals surface area contributed by atoms with Gasteiger partial charge in [-0.2, -0.15) is 0 Å². The molecule has 100 valence electrons. The van der Waals surface area contributed by atoms with Crippen molar-refractivity contribution in [3.8, 4) is 0 Å². The predicted molar refractivity (Wildman–Crippen MR) is 70.9 cm³/mol. The van der Waals surface area contributed by atoms with E-state index >= 15 is 0 Å². The summed E-state index contributed by atoms with van der Waals surface area (Å²) < 4.78 is 4.55. The molecule has 1 rings (SSSR count). The SMILES string of the molecule is CCCCSc1nc(C)c(CC(=O)OC)c(=O)[nH]1. The van der Waals surface area contributed by atoms with E-state index in [9.17, 15) is 9.59 Å². The fraction of sp³-hybridized carbons (Fsp3) is 0.583. The standard InChI is InChI=1S/C12H18N2O3S/c1-4-5-6-18-12-13-8(2)9(11(16)14-12)7-10(15)17-3/h4-7H2,1-3H3,(H,13,14,16). The highest BCUT2D eigenvalue weighted by atomic mass is 32.2. The van der Waals surface area contributed by atoms with Gasteiger partial charge in [-0.15, -0.1) is 0 Å². The van der Waals surface area contributed by atoms with Gasteiger partial charge < -0.3 is 9.72 Å². The number of aryl methyl sites for hydroxylation is 1. The lowest BCUT2D eigenvalue weighted by molar-refractivity contribution is -0.139. The molecule has 0 aliphatic carbocycles. The smallest absolute Gasteiger partial charge is 0.310 e. The second-order valence-corrected chi connectivity index (χ2v) is 4.97. The number of carbonyl (C=O) groups is 1. The zero-order valence-corrected chi connectivity index (χ0v) is 11.7. The Balaban J connectivity index is 2.84. The maximum Gasteiger partial charge on any atom is 0.310 e. The second-order valence-electron chi connectivity index (χ2n) is 3.89. The number of esters is 1. The van der Waals surface area contributed by atoms with Crippen LogP contribution in [0, 0.1) is 6.92 Å². The minimum atomic E-state index is -0.434. The van der Waals surface area contributed by atoms with Gasteiger partial charge in [0.05, 0.1) is 13.5 Å². The van der Waals surface area contributed by atoms with Crippen molar-refractivity contribution in [3.05, 3.63) is 21.6 Å². The number of aromatic nitrogens is 2. The van der Waals surface area contributed by atoms with E-state index in [2.05, 4.69) is 21.6 Å². The number of nitrogens with zero attached hydrogens (tertiary/aromatic N) is 1. The molecule has 0 atom stereocenters. The number of rotatable bonds is 6. The molecule has 1 aromatic heterocycles. The van der Waals surface area contributed by atoms with Gasteiger partial charge >= 0.3 is 5.97 Å². The second kappa shape index (κ2) is 7.20. The maximum absolute atomic E-state index is 11.8. The highest BCUT2D eigenvalue weighted by Crippen LogP contribution is 2.14. The fourth-order valence-electron chi connectivity index (χ4n) is 1.39. The largest absolute Gasteiger partial charge is 0.469 e. The molecule has 0 aliphatic rings. The molecular weight excluding hydrogens is 252 g/mol. The third-order valence-electron chi connectivity index (χ3n) is 2.49. The van der Waals surface area contributed by atoms with Crippen molar-refractivity contribution in [2.75, 3.05) is 12.9 Å². The summed E-state index contributed by atoms with van der Waals surface area (Å²) in [5, 5.41) is 0.611. The lowest BCUT2D eigenvalue weighted by Gasteiger charge is -2.05. The van der Waals surface area contributed by atoms with Gasteiger partial charge in [0.25, 0.3) is 5.56 Å². The van der Waals surface area contributed by atoms with Crippen LogP contribution in [-0.4, -0.2) is 28.8 Å². The molecule has 0 amide bonds. The van der Waals surface area contributed by atoms with Gasteiger partial charge in [0.1, 0.15) is 0 Å². The van der Waals surface area contributed by atoms with Crippen LogP contribution in [0.1, 0.15) is 31.0 Å². The van der Waals surface area contributed by atoms with Crippen molar-refractivity contribution < 1.29 is 9.53 Å². The summed E-state index contributed by atoms with van der Waals surface area (Å²) in [6, 6.07) is 0. The van der Waals surface area contributed by atoms with Crippen LogP contribution in [0.2, 0.25) is 0 Å². The van der Waals surface area contributed by atoms with Crippen molar-refractivity contribution in [3.63, 3.8) is 0 Å². The molecule has 0 radical (unpaired) electrons. The van der Waals surface area contributed by atoms with Gasteiger partial charge in [0, 0.05) is 17.0 Å². The Morgan fingerprint density at radius 2 is 2.22 bits per heavy atom. The monoisotopic (exact) mass is 270 g/mol. The number of aromatic amines is 1. The van der Waals surface area contributed by atoms with Crippen LogP contribution in [0.5, 0.6) is 0 Å². The Kier molecular flexibility index (Phi) is 5.91. The summed E-state index contributed by atoms with van der Waals surface area (Å²) in [7, 11) is 1.30. The van der Waals surface area contributed by atoms with Crippen LogP contribution in [-0.2, 0) is 16.0 Å². The van der Waals surface area contributed by atoms with E-state index in [4.69, 9.17) is 0 Å². The van der Waals surface area contributed by atoms with Crippen LogP contribution in [0.15, 0.2) is 9.95 Å². The molecule has 0 saturated heterocycles. The number of thioether (sulfide) groups is 1. The number of carbonyl (C=O) groups excluding carboxylic acids is 1. The van der Waals surface area contributed by atoms with Gasteiger partial charge in [0.2, 0.25) is 0 Å². The summed E-state index contributed by atoms with van der Waals surface area (Å²) in [6.45, 7) is 3.85. The quantitative estimate of drug-likeness (QED) is 0.368. The molecule has 5 nitrogen and oxygen atoms in total. The fourth-order valence-corrected chi connectivity index (χ4v) is 2.38. The summed E-state index contributed by atoms with van der Waals surface area (Å²) in [4.78, 5) is 30.0. The average molecular weight is 270 g/mol. The van der Waals surface area contributed by atoms with Crippen LogP contribution in [0.25, 0.3) is 0 Å². The van der Waals surface area contributed by atoms with Gasteiger partial charge in [-0.3, -0.25) is 9.59 Å². The van der Waals surface area contributed by atoms with Gasteiger partial charge in [-0.1, -0.05) is 25.1 Å². The van der Waals surface area contributed by atoms with E-state index in [1.54, 1.807) is 6.92 Å². The van der Waals surface area contributed by atoms with Gasteiger partial charge in [-0.25, -0.2) is 4.98 Å². The first-order chi connectivity index (χ1) is 8.58. The van der Waals surface area contributed by atoms with Crippen LogP contribution in [0.3, 0.4) is 0 Å². The molecule has 0 spiro atoms. The van der Waals surface area contributed by atoms with E-state index in [1.807, 2.05) is 0 Å². The van der Waals surface area contributed by atoms with Gasteiger partial charge in [-0.05, 0) is 13.3 Å². The highest BCUT2D eigenvalue weighted by Gasteiger charge is 2.12. The summed E-state index contributed by atoms with van der Waals surface area (Å²) in [6.07, 6.45) is 2.15. The number of unbranched alkanes of at least 4 members (excludes halogenated alkanes) is 1. The number of ether oxygens (including phenoxy) is 1. The van der Waals surface area contributed by atoms with Crippen molar-refractivity contribution >= 4 is 17.7 Å². The van der Waals surface area contributed by atoms with Crippen molar-refractivity contribution in [1.29, 1.82) is 0 Å². The van der Waals surface area contributed by atoms with E-state index in [1.165, 1.54) is 18.9 Å². The van der Waals surface area contributed by atoms with E-state index in [-0.39, 0.29) is 12.0 Å². The molecule has 0 saturated carbocycles. The van der Waals surface area contributed by atoms with Crippen LogP contribution in [0.4, 0.5) is 0 Å². The Morgan fingerprint density at radius 3 is 2.78 bits per heavy atom. The number of hydrogen-bond acceptors (Lipinski definition) is 5. The Morgan fingerprint density at radius 1 is 1.50 bits per heavy atom. The predicted octanol–water partition coefficient (Wildman–Crippen LogP) is 1.69. The molecule has 1 N–H and O–H groups in total. The van der Waals surface area contributed by atoms with Gasteiger partial charge in [0.15, 0.2) is 5.16 Å². The topological polar surface area (TPSA) is 72.0 Å². The van der Waals surface area contributed by atoms with Crippen molar-refractivity contribution in [2.24, 2.45) is 0 Å². The Labute approximate surface area is 110 Å². The molecule has 0 aliphatic heterocycles. The molecule has 0 unspecified atom stereocenters. The Bertz CT molecular complexity index is 471. The minimum absolute atomic E-state index is 0.0371. The third-order valence-corrected chi connectivity index (χ3v) is 3.45. The zero-order chi connectivity index (χ0) is 13.5. The number of nitrogens with one attached hydrogen (secondary N) is 1. The number of H-pyrrole nitrogens is 1. The molecule has 1 heterocycles. The van der Waals surface area contributed by atoms with Crippen molar-refractivity contribution in [2.45, 2.75) is 38.3 Å². The lowest BCUT2D eigenvalue weighted by Crippen LogP contribution is -2.21. The highest BCUT2D eigenvalue weighted by molar-refractivity contribution is 7.99. The molecular formula is C12H18N2O3S. The molecule has 0 aromatic carbocycles. The summed E-state index contributed by atoms with van der Waals surface area (Å²) >= 11 is 1.52. The molecule has 0 bridgehead atoms. The summed E-state index contributed by atoms with van der Waals surface area (Å²) in [5.74, 6) is 0.492. The van der Waals surface area contributed by atoms with E-state index in [0.717, 1.165) is 18.6 Å². The third kappa shape index (κ3) is 4.18. The normalized spacial score (nSPS) is 10.4. The average Bonchev–Trinajstić information content (AvgIpc) is 2.34. The maximum atomic E-state index is 11.8. The molecule has 6 heteroatoms. The zero-order valence-electron chi connectivity index (χ0n) is 10.9. The Hall–Kier alpha value is -1.30. The van der Waals surface area contributed by atoms with E-state index < -0.39 is 5.97 Å². The molecule has 18 heavy (non-hydrogen) atoms. The minimum Gasteiger partial charge on any atom is -0.469 e. The van der Waals surface area contributed by atoms with Crippen LogP contribution < -0.4 is 5.56 Å². The molecule has 1 aromatic rings. The van der Waals surface area contributed by atoms with E-state index in [0.29, 0.717) is 16.4 Å². The lowest BCUT2D eigenvalue weighted by atomic mass is 10.2. The summed E-state index contributed by atoms with van der Waals surface area (Å²) in [5.41, 5.74) is 0.705. The van der Waals surface area contributed by atoms with Crippen LogP contribution >= 0.6 is 11.8 Å². The first kappa shape index (κ1) is 14.8. The number of methoxy groups -OCH3 is 1. The first-order valence-corrected chi connectivity index (χ1v) is 6.86. The number of hydrogen-bond donors (Lipinski definition) is 1. The first-order valence-electron chi connectivity index (χ1n) is 5.87. The van der Waals surface area contributed by atoms with Crippen molar-refractivity contribution in [1.82, 2.24) is 9.97 Å².